The summed E-state index contributed by atoms with van der Waals surface area (Å²) in [5.41, 5.74) is 1.02. The molecule has 25 heavy (non-hydrogen) atoms. The molecule has 0 saturated heterocycles. The molecular formula is C17H14N2O6. The molecule has 3 rings (SSSR count). The van der Waals surface area contributed by atoms with Crippen molar-refractivity contribution in [3.63, 3.8) is 0 Å². The summed E-state index contributed by atoms with van der Waals surface area (Å²) in [6.07, 6.45) is 0.480. The van der Waals surface area contributed by atoms with E-state index in [1.165, 1.54) is 33.5 Å². The summed E-state index contributed by atoms with van der Waals surface area (Å²) < 4.78 is 15.3. The molecule has 0 fully saturated rings. The van der Waals surface area contributed by atoms with Crippen LogP contribution in [-0.2, 0) is 4.74 Å². The predicted molar refractivity (Wildman–Crippen MR) is 88.5 cm³/mol. The lowest BCUT2D eigenvalue weighted by molar-refractivity contribution is 0.0602. The first-order chi connectivity index (χ1) is 12.0. The van der Waals surface area contributed by atoms with Crippen molar-refractivity contribution in [1.29, 1.82) is 0 Å². The molecule has 0 aliphatic carbocycles. The number of phenolic OH excluding ortho intramolecular Hbond substituents is 1. The molecule has 0 atom stereocenters. The van der Waals surface area contributed by atoms with Crippen molar-refractivity contribution in [2.24, 2.45) is 0 Å². The van der Waals surface area contributed by atoms with Crippen molar-refractivity contribution in [2.75, 3.05) is 21.3 Å². The summed E-state index contributed by atoms with van der Waals surface area (Å²) in [5, 5.41) is 10.0. The van der Waals surface area contributed by atoms with E-state index in [4.69, 9.17) is 14.2 Å². The van der Waals surface area contributed by atoms with E-state index in [1.54, 1.807) is 6.07 Å². The number of carbonyl (C=O) groups is 2. The normalized spacial score (nSPS) is 10.7. The monoisotopic (exact) mass is 342 g/mol. The Hall–Kier alpha value is -3.42. The van der Waals surface area contributed by atoms with Gasteiger partial charge in [-0.3, -0.25) is 4.79 Å². The second-order valence-corrected chi connectivity index (χ2v) is 5.05. The molecule has 0 aliphatic heterocycles. The highest BCUT2D eigenvalue weighted by Crippen LogP contribution is 2.35. The van der Waals surface area contributed by atoms with Gasteiger partial charge in [0.2, 0.25) is 0 Å². The fourth-order valence-electron chi connectivity index (χ4n) is 2.57. The van der Waals surface area contributed by atoms with Gasteiger partial charge < -0.3 is 19.3 Å². The number of phenols is 1. The minimum Gasteiger partial charge on any atom is -0.507 e. The summed E-state index contributed by atoms with van der Waals surface area (Å²) >= 11 is 0. The van der Waals surface area contributed by atoms with Gasteiger partial charge in [0.1, 0.15) is 39.3 Å². The second-order valence-electron chi connectivity index (χ2n) is 5.05. The largest absolute Gasteiger partial charge is 0.507 e. The number of methoxy groups -OCH3 is 3. The molecule has 8 heteroatoms. The fraction of sp³-hybridized carbons (Fsp3) is 0.176. The highest BCUT2D eigenvalue weighted by Gasteiger charge is 2.21. The van der Waals surface area contributed by atoms with E-state index in [1.807, 2.05) is 0 Å². The van der Waals surface area contributed by atoms with Gasteiger partial charge in [0.15, 0.2) is 6.29 Å². The van der Waals surface area contributed by atoms with E-state index in [0.29, 0.717) is 12.0 Å². The van der Waals surface area contributed by atoms with Gasteiger partial charge in [-0.2, -0.15) is 0 Å². The van der Waals surface area contributed by atoms with Crippen molar-refractivity contribution >= 4 is 34.3 Å². The van der Waals surface area contributed by atoms with Crippen molar-refractivity contribution in [2.45, 2.75) is 0 Å². The van der Waals surface area contributed by atoms with E-state index in [-0.39, 0.29) is 44.7 Å². The summed E-state index contributed by atoms with van der Waals surface area (Å²) in [6, 6.07) is 4.33. The zero-order chi connectivity index (χ0) is 18.1. The van der Waals surface area contributed by atoms with E-state index in [9.17, 15) is 14.7 Å². The van der Waals surface area contributed by atoms with Gasteiger partial charge in [-0.1, -0.05) is 0 Å². The minimum absolute atomic E-state index is 0.0317. The number of aromatic hydroxyl groups is 1. The average molecular weight is 342 g/mol. The molecular weight excluding hydrogens is 328 g/mol. The zero-order valence-corrected chi connectivity index (χ0v) is 13.7. The Morgan fingerprint density at radius 1 is 1.00 bits per heavy atom. The summed E-state index contributed by atoms with van der Waals surface area (Å²) in [6.45, 7) is 0. The van der Waals surface area contributed by atoms with E-state index < -0.39 is 5.97 Å². The molecule has 3 aromatic rings. The molecule has 0 radical (unpaired) electrons. The van der Waals surface area contributed by atoms with Crippen LogP contribution in [0.3, 0.4) is 0 Å². The second kappa shape index (κ2) is 6.23. The Morgan fingerprint density at radius 2 is 1.64 bits per heavy atom. The van der Waals surface area contributed by atoms with Crippen LogP contribution in [0, 0.1) is 0 Å². The summed E-state index contributed by atoms with van der Waals surface area (Å²) in [4.78, 5) is 32.3. The van der Waals surface area contributed by atoms with Crippen molar-refractivity contribution in [3.05, 3.63) is 29.3 Å². The third kappa shape index (κ3) is 2.47. The third-order valence-electron chi connectivity index (χ3n) is 3.78. The molecule has 1 aromatic heterocycles. The van der Waals surface area contributed by atoms with Crippen LogP contribution in [0.4, 0.5) is 0 Å². The molecule has 0 bridgehead atoms. The fourth-order valence-corrected chi connectivity index (χ4v) is 2.57. The molecule has 2 aromatic carbocycles. The summed E-state index contributed by atoms with van der Waals surface area (Å²) in [7, 11) is 4.10. The van der Waals surface area contributed by atoms with E-state index in [2.05, 4.69) is 9.97 Å². The lowest BCUT2D eigenvalue weighted by Crippen LogP contribution is -2.06. The van der Waals surface area contributed by atoms with Gasteiger partial charge in [-0.05, 0) is 12.1 Å². The lowest BCUT2D eigenvalue weighted by atomic mass is 10.1. The molecule has 1 heterocycles. The Morgan fingerprint density at radius 3 is 2.24 bits per heavy atom. The highest BCUT2D eigenvalue weighted by atomic mass is 16.5. The number of carbonyl (C=O) groups excluding carboxylic acids is 2. The number of esters is 1. The van der Waals surface area contributed by atoms with Gasteiger partial charge >= 0.3 is 5.97 Å². The van der Waals surface area contributed by atoms with Gasteiger partial charge in [0.05, 0.1) is 32.5 Å². The molecule has 128 valence electrons. The highest BCUT2D eigenvalue weighted by molar-refractivity contribution is 6.08. The average Bonchev–Trinajstić information content (AvgIpc) is 2.64. The third-order valence-corrected chi connectivity index (χ3v) is 3.78. The Labute approximate surface area is 142 Å². The molecule has 0 saturated carbocycles. The maximum absolute atomic E-state index is 12.0. The quantitative estimate of drug-likeness (QED) is 0.436. The molecule has 8 nitrogen and oxygen atoms in total. The number of ether oxygens (including phenoxy) is 3. The number of hydrogen-bond donors (Lipinski definition) is 1. The number of rotatable bonds is 4. The van der Waals surface area contributed by atoms with Crippen LogP contribution >= 0.6 is 0 Å². The number of hydrogen-bond acceptors (Lipinski definition) is 8. The standard InChI is InChI=1S/C17H14N2O6/c1-23-11-5-4-8(17(22)25-3)13-15(11)19-14-9(7-20)10(21)6-12(24-2)16(14)18-13/h4-7,21H,1-3H3. The molecule has 1 N–H and O–H groups in total. The lowest BCUT2D eigenvalue weighted by Gasteiger charge is -2.12. The SMILES string of the molecule is COC(=O)c1ccc(OC)c2nc3c(C=O)c(O)cc(OC)c3nc12. The topological polar surface area (TPSA) is 108 Å². The molecule has 0 aliphatic rings. The van der Waals surface area contributed by atoms with Crippen LogP contribution in [0.25, 0.3) is 22.1 Å². The van der Waals surface area contributed by atoms with Crippen molar-refractivity contribution in [3.8, 4) is 17.2 Å². The van der Waals surface area contributed by atoms with Crippen LogP contribution in [0.5, 0.6) is 17.2 Å². The molecule has 0 unspecified atom stereocenters. The number of nitrogens with zero attached hydrogens (tertiary/aromatic N) is 2. The van der Waals surface area contributed by atoms with Crippen LogP contribution in [0.1, 0.15) is 20.7 Å². The molecule has 0 spiro atoms. The first-order valence-corrected chi connectivity index (χ1v) is 7.17. The Bertz CT molecular complexity index is 1020. The zero-order valence-electron chi connectivity index (χ0n) is 13.7. The molecule has 0 amide bonds. The minimum atomic E-state index is -0.588. The van der Waals surface area contributed by atoms with Gasteiger partial charge in [-0.15, -0.1) is 0 Å². The van der Waals surface area contributed by atoms with Crippen LogP contribution in [-0.4, -0.2) is 48.7 Å². The predicted octanol–water partition coefficient (Wildman–Crippen LogP) is 2.10. The first kappa shape index (κ1) is 16.4. The maximum Gasteiger partial charge on any atom is 0.340 e. The number of benzene rings is 2. The van der Waals surface area contributed by atoms with Crippen LogP contribution in [0.2, 0.25) is 0 Å². The van der Waals surface area contributed by atoms with Crippen LogP contribution < -0.4 is 9.47 Å². The number of aldehydes is 1. The Kier molecular flexibility index (Phi) is 4.10. The number of aromatic nitrogens is 2. The van der Waals surface area contributed by atoms with Crippen LogP contribution in [0.15, 0.2) is 18.2 Å². The smallest absolute Gasteiger partial charge is 0.340 e. The van der Waals surface area contributed by atoms with E-state index in [0.717, 1.165) is 0 Å². The summed E-state index contributed by atoms with van der Waals surface area (Å²) in [5.74, 6) is -0.298. The Balaban J connectivity index is 2.55. The first-order valence-electron chi connectivity index (χ1n) is 7.17. The van der Waals surface area contributed by atoms with Gasteiger partial charge in [0, 0.05) is 6.07 Å². The van der Waals surface area contributed by atoms with Crippen molar-refractivity contribution in [1.82, 2.24) is 9.97 Å². The number of fused-ring (bicyclic) bond motifs is 2. The van der Waals surface area contributed by atoms with E-state index >= 15 is 0 Å². The van der Waals surface area contributed by atoms with Crippen molar-refractivity contribution < 1.29 is 28.9 Å². The maximum atomic E-state index is 12.0. The van der Waals surface area contributed by atoms with Gasteiger partial charge in [0.25, 0.3) is 0 Å². The van der Waals surface area contributed by atoms with Gasteiger partial charge in [-0.25, -0.2) is 14.8 Å².